The van der Waals surface area contributed by atoms with Gasteiger partial charge in [-0.25, -0.2) is 0 Å². The molecule has 1 amide bonds. The van der Waals surface area contributed by atoms with Crippen molar-refractivity contribution < 1.29 is 14.8 Å². The monoisotopic (exact) mass is 353 g/mol. The molecule has 23 heavy (non-hydrogen) atoms. The van der Waals surface area contributed by atoms with Crippen molar-refractivity contribution >= 4 is 34.8 Å². The Morgan fingerprint density at radius 1 is 1.26 bits per heavy atom. The van der Waals surface area contributed by atoms with Crippen LogP contribution in [0.3, 0.4) is 0 Å². The second-order valence-electron chi connectivity index (χ2n) is 5.18. The Labute approximate surface area is 145 Å². The lowest BCUT2D eigenvalue weighted by atomic mass is 10.1. The number of nitrogens with two attached hydrogens (primary N) is 1. The predicted octanol–water partition coefficient (Wildman–Crippen LogP) is 3.27. The molecule has 122 valence electrons. The molecule has 0 heterocycles. The number of quaternary nitrogens is 1. The molecular weight excluding hydrogens is 335 g/mol. The summed E-state index contributed by atoms with van der Waals surface area (Å²) in [7, 11) is 1.55. The summed E-state index contributed by atoms with van der Waals surface area (Å²) in [4.78, 5) is 12.0. The molecule has 2 aromatic rings. The van der Waals surface area contributed by atoms with Crippen LogP contribution in [0.5, 0.6) is 5.75 Å². The minimum absolute atomic E-state index is 0.0971. The van der Waals surface area contributed by atoms with E-state index in [1.165, 1.54) is 0 Å². The molecule has 2 aromatic carbocycles. The molecule has 6 heteroatoms. The summed E-state index contributed by atoms with van der Waals surface area (Å²) < 4.78 is 5.08. The number of hydrogen-bond acceptors (Lipinski definition) is 2. The van der Waals surface area contributed by atoms with Crippen LogP contribution in [0.4, 0.5) is 5.69 Å². The standard InChI is InChI=1S/C17H18Cl2N2O2/c1-11(12-4-3-5-13(18)8-12)20-10-17(22)21-14-6-7-16(23-2)15(19)9-14/h3-9,11,20H,10H2,1-2H3,(H,21,22)/p+1/t11-/m0/s1. The molecule has 0 spiro atoms. The number of hydrogen-bond donors (Lipinski definition) is 2. The fourth-order valence-corrected chi connectivity index (χ4v) is 2.62. The second kappa shape index (κ2) is 8.20. The first-order valence-electron chi connectivity index (χ1n) is 7.22. The maximum atomic E-state index is 12.0. The highest BCUT2D eigenvalue weighted by molar-refractivity contribution is 6.32. The first-order chi connectivity index (χ1) is 11.0. The first-order valence-corrected chi connectivity index (χ1v) is 7.97. The number of anilines is 1. The van der Waals surface area contributed by atoms with Crippen molar-refractivity contribution in [2.75, 3.05) is 19.0 Å². The molecule has 0 aromatic heterocycles. The molecule has 0 radical (unpaired) electrons. The Morgan fingerprint density at radius 2 is 2.04 bits per heavy atom. The molecule has 1 atom stereocenters. The number of amides is 1. The molecule has 0 saturated heterocycles. The Hall–Kier alpha value is -1.75. The highest BCUT2D eigenvalue weighted by Gasteiger charge is 2.12. The molecule has 0 aliphatic heterocycles. The van der Waals surface area contributed by atoms with E-state index >= 15 is 0 Å². The maximum Gasteiger partial charge on any atom is 0.279 e. The molecule has 2 rings (SSSR count). The number of ether oxygens (including phenoxy) is 1. The SMILES string of the molecule is COc1ccc(NC(=O)C[NH2+][C@@H](C)c2cccc(Cl)c2)cc1Cl. The first kappa shape index (κ1) is 17.6. The maximum absolute atomic E-state index is 12.0. The van der Waals surface area contributed by atoms with Crippen LogP contribution in [0.15, 0.2) is 42.5 Å². The van der Waals surface area contributed by atoms with Crippen molar-refractivity contribution in [1.82, 2.24) is 0 Å². The van der Waals surface area contributed by atoms with Gasteiger partial charge in [-0.1, -0.05) is 35.3 Å². The van der Waals surface area contributed by atoms with Gasteiger partial charge in [0.05, 0.1) is 12.1 Å². The minimum atomic E-state index is -0.0971. The third-order valence-electron chi connectivity index (χ3n) is 3.47. The van der Waals surface area contributed by atoms with E-state index in [0.717, 1.165) is 5.56 Å². The number of methoxy groups -OCH3 is 1. The summed E-state index contributed by atoms with van der Waals surface area (Å²) in [5.41, 5.74) is 1.72. The van der Waals surface area contributed by atoms with Crippen molar-refractivity contribution in [3.8, 4) is 5.75 Å². The minimum Gasteiger partial charge on any atom is -0.495 e. The van der Waals surface area contributed by atoms with E-state index in [-0.39, 0.29) is 11.9 Å². The molecule has 4 nitrogen and oxygen atoms in total. The predicted molar refractivity (Wildman–Crippen MR) is 93.3 cm³/mol. The Bertz CT molecular complexity index is 692. The van der Waals surface area contributed by atoms with Crippen LogP contribution in [-0.4, -0.2) is 19.6 Å². The van der Waals surface area contributed by atoms with Crippen LogP contribution in [0, 0.1) is 0 Å². The zero-order valence-electron chi connectivity index (χ0n) is 13.0. The molecule has 0 aliphatic rings. The number of halogens is 2. The van der Waals surface area contributed by atoms with E-state index < -0.39 is 0 Å². The fraction of sp³-hybridized carbons (Fsp3) is 0.235. The van der Waals surface area contributed by atoms with E-state index in [9.17, 15) is 4.79 Å². The Morgan fingerprint density at radius 3 is 2.70 bits per heavy atom. The molecule has 0 bridgehead atoms. The van der Waals surface area contributed by atoms with Crippen LogP contribution >= 0.6 is 23.2 Å². The molecular formula is C17H19Cl2N2O2+. The van der Waals surface area contributed by atoms with Gasteiger partial charge in [0.25, 0.3) is 5.91 Å². The summed E-state index contributed by atoms with van der Waals surface area (Å²) in [6.07, 6.45) is 0. The number of carbonyl (C=O) groups is 1. The van der Waals surface area contributed by atoms with Crippen molar-refractivity contribution in [3.63, 3.8) is 0 Å². The van der Waals surface area contributed by atoms with Gasteiger partial charge in [0, 0.05) is 16.3 Å². The Kier molecular flexibility index (Phi) is 6.28. The lowest BCUT2D eigenvalue weighted by molar-refractivity contribution is -0.682. The highest BCUT2D eigenvalue weighted by Crippen LogP contribution is 2.27. The number of benzene rings is 2. The average molecular weight is 354 g/mol. The molecule has 0 aliphatic carbocycles. The van der Waals surface area contributed by atoms with Crippen molar-refractivity contribution in [2.24, 2.45) is 0 Å². The van der Waals surface area contributed by atoms with Crippen LogP contribution in [0.2, 0.25) is 10.0 Å². The summed E-state index contributed by atoms with van der Waals surface area (Å²) >= 11 is 12.0. The second-order valence-corrected chi connectivity index (χ2v) is 6.02. The molecule has 0 saturated carbocycles. The van der Waals surface area contributed by atoms with Gasteiger partial charge in [-0.2, -0.15) is 0 Å². The van der Waals surface area contributed by atoms with E-state index in [1.54, 1.807) is 25.3 Å². The van der Waals surface area contributed by atoms with Crippen LogP contribution in [-0.2, 0) is 4.79 Å². The molecule has 3 N–H and O–H groups in total. The zero-order valence-corrected chi connectivity index (χ0v) is 14.5. The number of carbonyl (C=O) groups excluding carboxylic acids is 1. The lowest BCUT2D eigenvalue weighted by Crippen LogP contribution is -2.86. The van der Waals surface area contributed by atoms with Crippen molar-refractivity contribution in [1.29, 1.82) is 0 Å². The van der Waals surface area contributed by atoms with Gasteiger partial charge in [-0.15, -0.1) is 0 Å². The normalized spacial score (nSPS) is 11.8. The fourth-order valence-electron chi connectivity index (χ4n) is 2.17. The van der Waals surface area contributed by atoms with Gasteiger partial charge in [-0.3, -0.25) is 4.79 Å². The number of nitrogens with one attached hydrogen (secondary N) is 1. The van der Waals surface area contributed by atoms with E-state index in [2.05, 4.69) is 5.32 Å². The van der Waals surface area contributed by atoms with Crippen LogP contribution in [0.25, 0.3) is 0 Å². The summed E-state index contributed by atoms with van der Waals surface area (Å²) in [5, 5.41) is 5.92. The van der Waals surface area contributed by atoms with Gasteiger partial charge in [0.1, 0.15) is 11.8 Å². The van der Waals surface area contributed by atoms with Crippen LogP contribution in [0.1, 0.15) is 18.5 Å². The summed E-state index contributed by atoms with van der Waals surface area (Å²) in [5.74, 6) is 0.478. The topological polar surface area (TPSA) is 54.9 Å². The van der Waals surface area contributed by atoms with E-state index in [4.69, 9.17) is 27.9 Å². The molecule has 0 unspecified atom stereocenters. The van der Waals surface area contributed by atoms with E-state index in [0.29, 0.717) is 28.0 Å². The Balaban J connectivity index is 1.88. The van der Waals surface area contributed by atoms with Gasteiger partial charge in [0.2, 0.25) is 0 Å². The third-order valence-corrected chi connectivity index (χ3v) is 4.00. The zero-order chi connectivity index (χ0) is 16.8. The van der Waals surface area contributed by atoms with E-state index in [1.807, 2.05) is 36.5 Å². The lowest BCUT2D eigenvalue weighted by Gasteiger charge is -2.12. The van der Waals surface area contributed by atoms with Gasteiger partial charge >= 0.3 is 0 Å². The van der Waals surface area contributed by atoms with Crippen molar-refractivity contribution in [3.05, 3.63) is 58.1 Å². The third kappa shape index (κ3) is 5.13. The highest BCUT2D eigenvalue weighted by atomic mass is 35.5. The number of rotatable bonds is 6. The quantitative estimate of drug-likeness (QED) is 0.837. The van der Waals surface area contributed by atoms with Gasteiger partial charge < -0.3 is 15.4 Å². The summed E-state index contributed by atoms with van der Waals surface area (Å²) in [6.45, 7) is 2.33. The smallest absolute Gasteiger partial charge is 0.279 e. The molecule has 0 fully saturated rings. The largest absolute Gasteiger partial charge is 0.495 e. The summed E-state index contributed by atoms with van der Waals surface area (Å²) in [6, 6.07) is 12.9. The average Bonchev–Trinajstić information content (AvgIpc) is 2.53. The van der Waals surface area contributed by atoms with Crippen molar-refractivity contribution in [2.45, 2.75) is 13.0 Å². The van der Waals surface area contributed by atoms with Gasteiger partial charge in [0.15, 0.2) is 6.54 Å². The van der Waals surface area contributed by atoms with Gasteiger partial charge in [-0.05, 0) is 37.3 Å². The van der Waals surface area contributed by atoms with Crippen LogP contribution < -0.4 is 15.4 Å².